The number of rotatable bonds is 9. The van der Waals surface area contributed by atoms with Crippen LogP contribution in [-0.4, -0.2) is 56.3 Å². The summed E-state index contributed by atoms with van der Waals surface area (Å²) in [4.78, 5) is 13.4. The summed E-state index contributed by atoms with van der Waals surface area (Å²) >= 11 is 0. The van der Waals surface area contributed by atoms with Crippen molar-refractivity contribution in [3.63, 3.8) is 0 Å². The molecule has 1 aliphatic heterocycles. The van der Waals surface area contributed by atoms with Crippen LogP contribution in [0.15, 0.2) is 30.3 Å². The largest absolute Gasteiger partial charge is 0.378 e. The van der Waals surface area contributed by atoms with Gasteiger partial charge in [-0.3, -0.25) is 9.69 Å². The Bertz CT molecular complexity index is 442. The van der Waals surface area contributed by atoms with Crippen molar-refractivity contribution in [2.75, 3.05) is 39.5 Å². The number of benzene rings is 1. The number of amides is 1. The van der Waals surface area contributed by atoms with E-state index < -0.39 is 0 Å². The summed E-state index contributed by atoms with van der Waals surface area (Å²) in [6.07, 6.45) is 0. The smallest absolute Gasteiger partial charge is 0.237 e. The number of ether oxygens (including phenoxy) is 2. The first-order chi connectivity index (χ1) is 10.8. The molecule has 6 heteroatoms. The van der Waals surface area contributed by atoms with Crippen LogP contribution in [0.4, 0.5) is 0 Å². The second-order valence-corrected chi connectivity index (χ2v) is 5.19. The van der Waals surface area contributed by atoms with Gasteiger partial charge in [-0.2, -0.15) is 0 Å². The highest BCUT2D eigenvalue weighted by molar-refractivity contribution is 5.80. The van der Waals surface area contributed by atoms with Crippen molar-refractivity contribution in [3.05, 3.63) is 42.4 Å². The maximum Gasteiger partial charge on any atom is 0.237 e. The molecule has 22 heavy (non-hydrogen) atoms. The minimum atomic E-state index is -0.324. The lowest BCUT2D eigenvalue weighted by molar-refractivity contribution is -0.129. The average molecular weight is 306 g/mol. The molecule has 0 aromatic heterocycles. The predicted molar refractivity (Wildman–Crippen MR) is 83.8 cm³/mol. The molecule has 1 heterocycles. The van der Waals surface area contributed by atoms with Crippen molar-refractivity contribution in [1.29, 1.82) is 0 Å². The first-order valence-corrected chi connectivity index (χ1v) is 7.55. The van der Waals surface area contributed by atoms with Crippen LogP contribution in [0.25, 0.3) is 0 Å². The van der Waals surface area contributed by atoms with Gasteiger partial charge in [0.15, 0.2) is 0 Å². The van der Waals surface area contributed by atoms with E-state index in [1.54, 1.807) is 0 Å². The minimum absolute atomic E-state index is 0.315. The van der Waals surface area contributed by atoms with Crippen LogP contribution < -0.4 is 11.1 Å². The molecule has 121 valence electrons. The molecule has 1 aromatic carbocycles. The monoisotopic (exact) mass is 306 g/mol. The van der Waals surface area contributed by atoms with Gasteiger partial charge in [0.1, 0.15) is 6.04 Å². The summed E-state index contributed by atoms with van der Waals surface area (Å²) in [5, 5.41) is 3.19. The van der Waals surface area contributed by atoms with Gasteiger partial charge in [0.25, 0.3) is 0 Å². The van der Waals surface area contributed by atoms with Crippen LogP contribution >= 0.6 is 0 Å². The van der Waals surface area contributed by atoms with Crippen molar-refractivity contribution in [2.45, 2.75) is 12.6 Å². The number of nitrogens with one attached hydrogen (secondary N) is 1. The Morgan fingerprint density at radius 1 is 1.45 bits per heavy atom. The van der Waals surface area contributed by atoms with Crippen LogP contribution in [-0.2, 0) is 20.9 Å². The number of nitrogens with two attached hydrogens (primary N) is 1. The van der Waals surface area contributed by atoms with E-state index in [4.69, 9.17) is 15.2 Å². The molecule has 1 unspecified atom stereocenters. The number of hydrogen-bond acceptors (Lipinski definition) is 5. The van der Waals surface area contributed by atoms with Gasteiger partial charge in [-0.15, -0.1) is 0 Å². The summed E-state index contributed by atoms with van der Waals surface area (Å²) in [5.74, 6) is -0.324. The Labute approximate surface area is 131 Å². The molecular weight excluding hydrogens is 282 g/mol. The Morgan fingerprint density at radius 2 is 2.27 bits per heavy atom. The summed E-state index contributed by atoms with van der Waals surface area (Å²) in [6.45, 7) is 6.31. The fourth-order valence-electron chi connectivity index (χ4n) is 2.35. The van der Waals surface area contributed by atoms with Gasteiger partial charge in [0.05, 0.1) is 26.4 Å². The molecule has 0 aliphatic carbocycles. The molecule has 1 atom stereocenters. The highest BCUT2D eigenvalue weighted by atomic mass is 16.5. The van der Waals surface area contributed by atoms with Crippen LogP contribution in [0.1, 0.15) is 5.56 Å². The molecule has 6 nitrogen and oxygen atoms in total. The second-order valence-electron chi connectivity index (χ2n) is 5.19. The molecule has 1 fully saturated rings. The Hall–Kier alpha value is -1.47. The topological polar surface area (TPSA) is 76.8 Å². The van der Waals surface area contributed by atoms with Gasteiger partial charge in [-0.05, 0) is 5.56 Å². The van der Waals surface area contributed by atoms with Crippen LogP contribution in [0.3, 0.4) is 0 Å². The molecule has 3 N–H and O–H groups in total. The lowest BCUT2D eigenvalue weighted by Gasteiger charge is -2.33. The van der Waals surface area contributed by atoms with Crippen LogP contribution in [0, 0.1) is 6.54 Å². The van der Waals surface area contributed by atoms with E-state index in [9.17, 15) is 4.79 Å². The fraction of sp³-hybridized carbons (Fsp3) is 0.500. The molecule has 0 spiro atoms. The van der Waals surface area contributed by atoms with Crippen LogP contribution in [0.2, 0.25) is 0 Å². The lowest BCUT2D eigenvalue weighted by atomic mass is 10.2. The van der Waals surface area contributed by atoms with Gasteiger partial charge >= 0.3 is 0 Å². The highest BCUT2D eigenvalue weighted by Crippen LogP contribution is 2.05. The molecule has 1 aromatic rings. The zero-order chi connectivity index (χ0) is 15.6. The maximum atomic E-state index is 11.3. The van der Waals surface area contributed by atoms with Gasteiger partial charge < -0.3 is 20.5 Å². The number of carbonyl (C=O) groups is 1. The summed E-state index contributed by atoms with van der Waals surface area (Å²) in [5.41, 5.74) is 6.53. The van der Waals surface area contributed by atoms with Crippen molar-refractivity contribution in [3.8, 4) is 0 Å². The Morgan fingerprint density at radius 3 is 3.05 bits per heavy atom. The molecule has 1 radical (unpaired) electrons. The van der Waals surface area contributed by atoms with Gasteiger partial charge in [-0.1, -0.05) is 30.3 Å². The lowest BCUT2D eigenvalue weighted by Crippen LogP contribution is -2.53. The zero-order valence-corrected chi connectivity index (χ0v) is 12.7. The van der Waals surface area contributed by atoms with E-state index in [1.807, 2.05) is 36.9 Å². The fourth-order valence-corrected chi connectivity index (χ4v) is 2.35. The molecule has 1 saturated heterocycles. The van der Waals surface area contributed by atoms with Gasteiger partial charge in [0, 0.05) is 26.2 Å². The third-order valence-electron chi connectivity index (χ3n) is 3.57. The normalized spacial score (nSPS) is 19.2. The van der Waals surface area contributed by atoms with Crippen molar-refractivity contribution >= 4 is 5.91 Å². The predicted octanol–water partition coefficient (Wildman–Crippen LogP) is 0.141. The summed E-state index contributed by atoms with van der Waals surface area (Å²) in [7, 11) is 0. The number of primary amides is 1. The van der Waals surface area contributed by atoms with E-state index in [0.29, 0.717) is 26.4 Å². The number of nitrogens with zero attached hydrogens (tertiary/aromatic N) is 1. The van der Waals surface area contributed by atoms with Crippen LogP contribution in [0.5, 0.6) is 0 Å². The summed E-state index contributed by atoms with van der Waals surface area (Å²) in [6, 6.07) is 9.74. The molecule has 1 amide bonds. The highest BCUT2D eigenvalue weighted by Gasteiger charge is 2.26. The SMILES string of the molecule is NC(=O)C1COCCN1CCN[CH]COCc1ccccc1. The van der Waals surface area contributed by atoms with Crippen molar-refractivity contribution in [1.82, 2.24) is 10.2 Å². The van der Waals surface area contributed by atoms with E-state index in [2.05, 4.69) is 10.2 Å². The molecule has 1 aliphatic rings. The Kier molecular flexibility index (Phi) is 7.32. The van der Waals surface area contributed by atoms with Crippen molar-refractivity contribution < 1.29 is 14.3 Å². The zero-order valence-electron chi connectivity index (χ0n) is 12.7. The quantitative estimate of drug-likeness (QED) is 0.635. The molecule has 0 saturated carbocycles. The van der Waals surface area contributed by atoms with Gasteiger partial charge in [-0.25, -0.2) is 0 Å². The molecule has 2 rings (SSSR count). The number of morpholine rings is 1. The third kappa shape index (κ3) is 5.73. The number of hydrogen-bond donors (Lipinski definition) is 2. The third-order valence-corrected chi connectivity index (χ3v) is 3.57. The second kappa shape index (κ2) is 9.53. The first kappa shape index (κ1) is 16.9. The van der Waals surface area contributed by atoms with E-state index >= 15 is 0 Å². The maximum absolute atomic E-state index is 11.3. The van der Waals surface area contributed by atoms with Gasteiger partial charge in [0.2, 0.25) is 5.91 Å². The number of carbonyl (C=O) groups excluding carboxylic acids is 1. The average Bonchev–Trinajstić information content (AvgIpc) is 2.55. The standard InChI is InChI=1S/C16H24N3O3/c17-16(20)15-13-22-11-9-19(15)8-6-18-7-10-21-12-14-4-2-1-3-5-14/h1-5,7,15,18H,6,8-13H2,(H2,17,20). The molecule has 0 bridgehead atoms. The molecular formula is C16H24N3O3. The minimum Gasteiger partial charge on any atom is -0.378 e. The van der Waals surface area contributed by atoms with Crippen molar-refractivity contribution in [2.24, 2.45) is 5.73 Å². The van der Waals surface area contributed by atoms with E-state index in [0.717, 1.165) is 25.2 Å². The Balaban J connectivity index is 1.52. The summed E-state index contributed by atoms with van der Waals surface area (Å²) < 4.78 is 10.8. The first-order valence-electron chi connectivity index (χ1n) is 7.55. The van der Waals surface area contributed by atoms with E-state index in [1.165, 1.54) is 0 Å². The van der Waals surface area contributed by atoms with E-state index in [-0.39, 0.29) is 11.9 Å².